The van der Waals surface area contributed by atoms with Crippen LogP contribution < -0.4 is 22.4 Å². The number of hydrogen-bond acceptors (Lipinski definition) is 4. The van der Waals surface area contributed by atoms with Crippen LogP contribution in [0.3, 0.4) is 0 Å². The summed E-state index contributed by atoms with van der Waals surface area (Å²) in [4.78, 5) is 4.06. The Balaban J connectivity index is 0.000000980. The summed E-state index contributed by atoms with van der Waals surface area (Å²) in [5, 5.41) is 6.04. The average Bonchev–Trinajstić information content (AvgIpc) is 2.36. The number of amidine groups is 1. The predicted octanol–water partition coefficient (Wildman–Crippen LogP) is -4.22. The minimum absolute atomic E-state index is 0. The van der Waals surface area contributed by atoms with E-state index in [0.29, 0.717) is 10.9 Å². The Morgan fingerprint density at radius 2 is 2.29 bits per heavy atom. The first-order valence-corrected chi connectivity index (χ1v) is 7.49. The van der Waals surface area contributed by atoms with E-state index in [1.807, 2.05) is 6.26 Å². The van der Waals surface area contributed by atoms with Crippen LogP contribution in [-0.4, -0.2) is 41.1 Å². The summed E-state index contributed by atoms with van der Waals surface area (Å²) >= 11 is 2.87. The monoisotopic (exact) mass is 316 g/mol. The predicted molar refractivity (Wildman–Crippen MR) is 56.9 cm³/mol. The number of aliphatic imine (C=N–C) groups is 1. The standard InChI is InChI=1S/C6H8N2O2S3.BrH/c1-11-6-3-13(9,10)2-4(6)8-5(7)12-6;/h7H,2-3H2,1H3;1H. The molecule has 2 aliphatic rings. The highest BCUT2D eigenvalue weighted by molar-refractivity contribution is 8.28. The van der Waals surface area contributed by atoms with E-state index in [0.717, 1.165) is 0 Å². The number of rotatable bonds is 1. The van der Waals surface area contributed by atoms with Crippen LogP contribution in [0.4, 0.5) is 0 Å². The Labute approximate surface area is 102 Å². The second-order valence-electron chi connectivity index (χ2n) is 2.99. The third kappa shape index (κ3) is 1.89. The smallest absolute Gasteiger partial charge is 0.352 e. The van der Waals surface area contributed by atoms with E-state index in [9.17, 15) is 8.42 Å². The highest BCUT2D eigenvalue weighted by Crippen LogP contribution is 2.46. The molecule has 2 N–H and O–H groups in total. The molecule has 0 aromatic heterocycles. The van der Waals surface area contributed by atoms with Gasteiger partial charge >= 0.3 is 5.17 Å². The van der Waals surface area contributed by atoms with Gasteiger partial charge in [0.25, 0.3) is 0 Å². The molecule has 0 bridgehead atoms. The molecule has 4 nitrogen and oxygen atoms in total. The number of thioether (sulfide) groups is 2. The van der Waals surface area contributed by atoms with Gasteiger partial charge in [0.05, 0.1) is 5.75 Å². The fraction of sp³-hybridized carbons (Fsp3) is 0.667. The lowest BCUT2D eigenvalue weighted by Crippen LogP contribution is -3.00. The molecule has 1 atom stereocenters. The third-order valence-electron chi connectivity index (χ3n) is 2.05. The zero-order valence-corrected chi connectivity index (χ0v) is 11.4. The summed E-state index contributed by atoms with van der Waals surface area (Å²) in [7, 11) is -2.94. The van der Waals surface area contributed by atoms with E-state index in [2.05, 4.69) is 4.99 Å². The summed E-state index contributed by atoms with van der Waals surface area (Å²) in [5.41, 5.74) is 0.711. The second kappa shape index (κ2) is 3.80. The van der Waals surface area contributed by atoms with Crippen molar-refractivity contribution in [3.63, 3.8) is 0 Å². The molecule has 0 aromatic rings. The van der Waals surface area contributed by atoms with Crippen molar-refractivity contribution in [3.05, 3.63) is 0 Å². The lowest BCUT2D eigenvalue weighted by atomic mass is 10.3. The van der Waals surface area contributed by atoms with Gasteiger partial charge in [0.15, 0.2) is 15.5 Å². The normalized spacial score (nSPS) is 33.5. The Kier molecular flexibility index (Phi) is 3.41. The maximum absolute atomic E-state index is 11.4. The van der Waals surface area contributed by atoms with Gasteiger partial charge in [0, 0.05) is 0 Å². The highest BCUT2D eigenvalue weighted by atomic mass is 79.9. The molecule has 1 fully saturated rings. The van der Waals surface area contributed by atoms with Crippen molar-refractivity contribution in [2.24, 2.45) is 4.99 Å². The number of nitrogens with zero attached hydrogens (tertiary/aromatic N) is 1. The summed E-state index contributed by atoms with van der Waals surface area (Å²) < 4.78 is 22.3. The summed E-state index contributed by atoms with van der Waals surface area (Å²) in [6, 6.07) is 0. The SMILES string of the molecule is CSC12CS(=O)(=O)CC1=NC(=[NH2+])S2.[Br-]. The van der Waals surface area contributed by atoms with Crippen LogP contribution in [0.5, 0.6) is 0 Å². The molecule has 1 saturated heterocycles. The van der Waals surface area contributed by atoms with Crippen molar-refractivity contribution >= 4 is 44.2 Å². The molecule has 2 heterocycles. The van der Waals surface area contributed by atoms with Gasteiger partial charge in [-0.1, -0.05) is 0 Å². The average molecular weight is 317 g/mol. The van der Waals surface area contributed by atoms with Gasteiger partial charge in [-0.25, -0.2) is 8.42 Å². The Morgan fingerprint density at radius 3 is 2.79 bits per heavy atom. The van der Waals surface area contributed by atoms with Gasteiger partial charge in [0.1, 0.15) is 9.83 Å². The highest BCUT2D eigenvalue weighted by Gasteiger charge is 2.57. The zero-order chi connectivity index (χ0) is 9.69. The Hall–Kier alpha value is 0.470. The van der Waals surface area contributed by atoms with Crippen LogP contribution in [0.15, 0.2) is 4.99 Å². The molecule has 0 radical (unpaired) electrons. The minimum atomic E-state index is -2.94. The molecular weight excluding hydrogens is 308 g/mol. The van der Waals surface area contributed by atoms with E-state index < -0.39 is 13.9 Å². The van der Waals surface area contributed by atoms with Gasteiger partial charge in [-0.3, -0.25) is 5.41 Å². The van der Waals surface area contributed by atoms with Gasteiger partial charge in [-0.15, -0.1) is 11.8 Å². The van der Waals surface area contributed by atoms with Gasteiger partial charge in [0.2, 0.25) is 0 Å². The summed E-state index contributed by atoms with van der Waals surface area (Å²) in [6.45, 7) is 0. The molecule has 14 heavy (non-hydrogen) atoms. The first-order valence-electron chi connectivity index (χ1n) is 3.62. The van der Waals surface area contributed by atoms with Gasteiger partial charge in [-0.2, -0.15) is 0 Å². The lowest BCUT2D eigenvalue weighted by molar-refractivity contribution is -0.109. The van der Waals surface area contributed by atoms with Crippen LogP contribution in [0, 0.1) is 0 Å². The second-order valence-corrected chi connectivity index (χ2v) is 7.74. The molecular formula is C6H9BrN2O2S3. The quantitative estimate of drug-likeness (QED) is 0.532. The topological polar surface area (TPSA) is 72.1 Å². The van der Waals surface area contributed by atoms with Gasteiger partial charge < -0.3 is 17.0 Å². The maximum atomic E-state index is 11.4. The number of fused-ring (bicyclic) bond motifs is 1. The lowest BCUT2D eigenvalue weighted by Gasteiger charge is -2.14. The minimum Gasteiger partial charge on any atom is -1.00 e. The molecule has 2 aliphatic heterocycles. The number of nitrogens with two attached hydrogens (primary N) is 1. The first kappa shape index (κ1) is 12.5. The van der Waals surface area contributed by atoms with E-state index in [1.165, 1.54) is 23.5 Å². The van der Waals surface area contributed by atoms with Crippen molar-refractivity contribution in [1.82, 2.24) is 0 Å². The third-order valence-corrected chi connectivity index (χ3v) is 6.80. The fourth-order valence-electron chi connectivity index (χ4n) is 1.49. The number of hydrogen-bond donors (Lipinski definition) is 1. The van der Waals surface area contributed by atoms with Crippen molar-refractivity contribution < 1.29 is 30.8 Å². The Bertz CT molecular complexity index is 405. The van der Waals surface area contributed by atoms with E-state index in [4.69, 9.17) is 5.41 Å². The van der Waals surface area contributed by atoms with Crippen molar-refractivity contribution in [1.29, 1.82) is 0 Å². The molecule has 0 aromatic carbocycles. The molecule has 0 saturated carbocycles. The van der Waals surface area contributed by atoms with Crippen LogP contribution in [0.1, 0.15) is 0 Å². The molecule has 1 unspecified atom stereocenters. The molecule has 0 spiro atoms. The first-order chi connectivity index (χ1) is 5.97. The number of sulfone groups is 1. The van der Waals surface area contributed by atoms with E-state index in [-0.39, 0.29) is 28.5 Å². The molecule has 2 rings (SSSR count). The van der Waals surface area contributed by atoms with Crippen LogP contribution >= 0.6 is 23.5 Å². The summed E-state index contributed by atoms with van der Waals surface area (Å²) in [5.74, 6) is 0.229. The Morgan fingerprint density at radius 1 is 1.64 bits per heavy atom. The van der Waals surface area contributed by atoms with Crippen molar-refractivity contribution in [2.45, 2.75) is 4.08 Å². The fourth-order valence-corrected chi connectivity index (χ4v) is 6.71. The van der Waals surface area contributed by atoms with E-state index >= 15 is 0 Å². The van der Waals surface area contributed by atoms with Gasteiger partial charge in [-0.05, 0) is 23.0 Å². The van der Waals surface area contributed by atoms with Crippen LogP contribution in [-0.2, 0) is 9.84 Å². The zero-order valence-electron chi connectivity index (χ0n) is 7.36. The van der Waals surface area contributed by atoms with Crippen molar-refractivity contribution in [3.8, 4) is 0 Å². The molecule has 80 valence electrons. The summed E-state index contributed by atoms with van der Waals surface area (Å²) in [6.07, 6.45) is 1.89. The van der Waals surface area contributed by atoms with E-state index in [1.54, 1.807) is 0 Å². The van der Waals surface area contributed by atoms with Crippen molar-refractivity contribution in [2.75, 3.05) is 17.8 Å². The molecule has 0 amide bonds. The maximum Gasteiger partial charge on any atom is 0.352 e. The number of halogens is 1. The molecule has 8 heteroatoms. The van der Waals surface area contributed by atoms with Crippen LogP contribution in [0.2, 0.25) is 0 Å². The largest absolute Gasteiger partial charge is 1.00 e. The molecule has 0 aliphatic carbocycles. The van der Waals surface area contributed by atoms with Crippen LogP contribution in [0.25, 0.3) is 0 Å².